The molecule has 2 aromatic rings. The van der Waals surface area contributed by atoms with Crippen molar-refractivity contribution < 1.29 is 18.9 Å². The quantitative estimate of drug-likeness (QED) is 0.155. The Morgan fingerprint density at radius 1 is 1.15 bits per heavy atom. The van der Waals surface area contributed by atoms with Crippen molar-refractivity contribution in [3.63, 3.8) is 0 Å². The molecule has 34 heavy (non-hydrogen) atoms. The molecule has 0 amide bonds. The molecule has 0 N–H and O–H groups in total. The van der Waals surface area contributed by atoms with Gasteiger partial charge in [-0.3, -0.25) is 0 Å². The normalized spacial score (nSPS) is 12.6. The number of carbonyl (C=O) groups excluding carboxylic acids is 1. The molecule has 0 unspecified atom stereocenters. The maximum atomic E-state index is 12.5. The fourth-order valence-electron chi connectivity index (χ4n) is 3.00. The van der Waals surface area contributed by atoms with Gasteiger partial charge in [0, 0.05) is 11.2 Å². The predicted octanol–water partition coefficient (Wildman–Crippen LogP) is 5.54. The minimum absolute atomic E-state index is 0.0394. The van der Waals surface area contributed by atoms with E-state index in [0.717, 1.165) is 22.2 Å². The van der Waals surface area contributed by atoms with E-state index in [9.17, 15) is 4.79 Å². The van der Waals surface area contributed by atoms with Crippen LogP contribution >= 0.6 is 0 Å². The van der Waals surface area contributed by atoms with Gasteiger partial charge >= 0.3 is 13.5 Å². The molecule has 0 saturated carbocycles. The fourth-order valence-corrected chi connectivity index (χ4v) is 3.00. The van der Waals surface area contributed by atoms with Gasteiger partial charge in [0.2, 0.25) is 0 Å². The Labute approximate surface area is 205 Å². The molecule has 0 atom stereocenters. The second-order valence-corrected chi connectivity index (χ2v) is 8.88. The van der Waals surface area contributed by atoms with Gasteiger partial charge in [-0.2, -0.15) is 0 Å². The highest BCUT2D eigenvalue weighted by molar-refractivity contribution is 6.47. The molecule has 0 spiro atoms. The number of rotatable bonds is 10. The van der Waals surface area contributed by atoms with E-state index in [1.54, 1.807) is 7.48 Å². The van der Waals surface area contributed by atoms with Gasteiger partial charge in [0.25, 0.3) is 0 Å². The molecule has 0 aliphatic rings. The summed E-state index contributed by atoms with van der Waals surface area (Å²) in [5, 5.41) is 0. The Morgan fingerprint density at radius 3 is 2.38 bits per heavy atom. The van der Waals surface area contributed by atoms with E-state index in [1.165, 1.54) is 7.11 Å². The Hall–Kier alpha value is -3.23. The molecule has 1 radical (unpaired) electrons. The van der Waals surface area contributed by atoms with Crippen molar-refractivity contribution in [1.82, 2.24) is 0 Å². The van der Waals surface area contributed by atoms with Gasteiger partial charge in [0.1, 0.15) is 6.61 Å². The highest BCUT2D eigenvalue weighted by Gasteiger charge is 2.24. The zero-order chi connectivity index (χ0) is 25.3. The lowest BCUT2D eigenvalue weighted by Gasteiger charge is -2.30. The van der Waals surface area contributed by atoms with Crippen LogP contribution in [-0.2, 0) is 25.5 Å². The molecule has 2 rings (SSSR count). The van der Waals surface area contributed by atoms with E-state index < -0.39 is 5.97 Å². The second-order valence-electron chi connectivity index (χ2n) is 8.88. The van der Waals surface area contributed by atoms with Crippen LogP contribution in [0.3, 0.4) is 0 Å². The van der Waals surface area contributed by atoms with Crippen molar-refractivity contribution in [2.45, 2.75) is 53.8 Å². The lowest BCUT2D eigenvalue weighted by molar-refractivity contribution is -0.135. The highest BCUT2D eigenvalue weighted by atomic mass is 16.5. The second kappa shape index (κ2) is 12.3. The predicted molar refractivity (Wildman–Crippen MR) is 140 cm³/mol. The van der Waals surface area contributed by atoms with Crippen LogP contribution in [0.2, 0.25) is 0 Å². The van der Waals surface area contributed by atoms with Gasteiger partial charge in [-0.05, 0) is 50.3 Å². The van der Waals surface area contributed by atoms with Crippen molar-refractivity contribution in [3.05, 3.63) is 76.9 Å². The first-order chi connectivity index (χ1) is 16.1. The molecule has 0 aromatic heterocycles. The van der Waals surface area contributed by atoms with Crippen molar-refractivity contribution in [3.8, 4) is 12.3 Å². The van der Waals surface area contributed by atoms with Gasteiger partial charge in [-0.1, -0.05) is 79.8 Å². The van der Waals surface area contributed by atoms with Gasteiger partial charge < -0.3 is 14.1 Å². The maximum Gasteiger partial charge on any atom is 0.350 e. The molecule has 5 heteroatoms. The van der Waals surface area contributed by atoms with Crippen LogP contribution in [0.1, 0.15) is 58.2 Å². The molecule has 177 valence electrons. The molecule has 0 aliphatic heterocycles. The molecule has 0 fully saturated rings. The summed E-state index contributed by atoms with van der Waals surface area (Å²) in [5.41, 5.74) is 4.20. The Morgan fingerprint density at radius 2 is 1.82 bits per heavy atom. The molecule has 2 aromatic carbocycles. The minimum Gasteiger partial charge on any atom is -0.487 e. The van der Waals surface area contributed by atoms with Crippen LogP contribution in [0.4, 0.5) is 0 Å². The van der Waals surface area contributed by atoms with E-state index in [4.69, 9.17) is 20.6 Å². The fraction of sp³-hybridized carbons (Fsp3) is 0.345. The number of esters is 1. The van der Waals surface area contributed by atoms with Crippen molar-refractivity contribution in [2.75, 3.05) is 7.11 Å². The summed E-state index contributed by atoms with van der Waals surface area (Å²) in [7, 11) is 3.07. The summed E-state index contributed by atoms with van der Waals surface area (Å²) >= 11 is 0. The van der Waals surface area contributed by atoms with Crippen LogP contribution < -0.4 is 5.46 Å². The summed E-state index contributed by atoms with van der Waals surface area (Å²) in [5.74, 6) is 2.51. The van der Waals surface area contributed by atoms with Crippen molar-refractivity contribution in [2.24, 2.45) is 5.92 Å². The summed E-state index contributed by atoms with van der Waals surface area (Å²) in [4.78, 5) is 12.5. The number of ether oxygens (including phenoxy) is 2. The summed E-state index contributed by atoms with van der Waals surface area (Å²) in [6.45, 7) is 12.6. The van der Waals surface area contributed by atoms with E-state index in [-0.39, 0.29) is 17.8 Å². The molecular weight excluding hydrogens is 423 g/mol. The minimum atomic E-state index is -0.618. The number of hydrogen-bond donors (Lipinski definition) is 0. The SMILES string of the molecule is C#C/C(C(=O)OC)=C(/OCc1ccccc1)c1ccc([B]OC(C)(C)C(C)C)cc1/C(C)=C\C. The van der Waals surface area contributed by atoms with Crippen LogP contribution in [0, 0.1) is 18.3 Å². The number of allylic oxidation sites excluding steroid dienone is 2. The van der Waals surface area contributed by atoms with Gasteiger partial charge in [-0.25, -0.2) is 4.79 Å². The van der Waals surface area contributed by atoms with E-state index in [1.807, 2.05) is 68.5 Å². The van der Waals surface area contributed by atoms with E-state index in [0.29, 0.717) is 17.2 Å². The molecule has 0 aliphatic carbocycles. The zero-order valence-corrected chi connectivity index (χ0v) is 21.3. The third-order valence-corrected chi connectivity index (χ3v) is 6.02. The average molecular weight is 457 g/mol. The largest absolute Gasteiger partial charge is 0.487 e. The van der Waals surface area contributed by atoms with Crippen LogP contribution in [-0.4, -0.2) is 26.2 Å². The number of hydrogen-bond acceptors (Lipinski definition) is 4. The molecule has 4 nitrogen and oxygen atoms in total. The van der Waals surface area contributed by atoms with Crippen LogP contribution in [0.5, 0.6) is 0 Å². The summed E-state index contributed by atoms with van der Waals surface area (Å²) < 4.78 is 17.2. The molecule has 0 bridgehead atoms. The average Bonchev–Trinajstić information content (AvgIpc) is 2.84. The number of methoxy groups -OCH3 is 1. The number of benzene rings is 2. The van der Waals surface area contributed by atoms with Gasteiger partial charge in [0.15, 0.2) is 11.3 Å². The summed E-state index contributed by atoms with van der Waals surface area (Å²) in [6.07, 6.45) is 7.74. The lowest BCUT2D eigenvalue weighted by atomic mass is 9.81. The van der Waals surface area contributed by atoms with Crippen molar-refractivity contribution >= 4 is 30.2 Å². The monoisotopic (exact) mass is 457 g/mol. The Kier molecular flexibility index (Phi) is 9.77. The maximum absolute atomic E-state index is 12.5. The van der Waals surface area contributed by atoms with E-state index in [2.05, 4.69) is 33.6 Å². The van der Waals surface area contributed by atoms with Crippen molar-refractivity contribution in [1.29, 1.82) is 0 Å². The lowest BCUT2D eigenvalue weighted by Crippen LogP contribution is -2.36. The number of carbonyl (C=O) groups is 1. The topological polar surface area (TPSA) is 44.8 Å². The first-order valence-electron chi connectivity index (χ1n) is 11.4. The van der Waals surface area contributed by atoms with E-state index >= 15 is 0 Å². The highest BCUT2D eigenvalue weighted by Crippen LogP contribution is 2.30. The molecular formula is C29H34BO4. The molecule has 0 saturated heterocycles. The third kappa shape index (κ3) is 6.89. The summed E-state index contributed by atoms with van der Waals surface area (Å²) in [6, 6.07) is 15.6. The molecule has 0 heterocycles. The Balaban J connectivity index is 2.56. The zero-order valence-electron chi connectivity index (χ0n) is 21.3. The van der Waals surface area contributed by atoms with Crippen LogP contribution in [0.15, 0.2) is 60.2 Å². The van der Waals surface area contributed by atoms with Crippen LogP contribution in [0.25, 0.3) is 11.3 Å². The standard InChI is InChI=1S/C29H34BO4/c1-9-21(5)26-18-23(30-34-29(6,7)20(3)4)16-17-25(26)27(24(10-2)28(31)32-8)33-19-22-14-12-11-13-15-22/h2,9,11-18,20H,19H2,1,3-8H3/b21-9-,27-24-. The smallest absolute Gasteiger partial charge is 0.350 e. The first-order valence-corrected chi connectivity index (χ1v) is 11.4. The van der Waals surface area contributed by atoms with Gasteiger partial charge in [-0.15, -0.1) is 6.42 Å². The van der Waals surface area contributed by atoms with Gasteiger partial charge in [0.05, 0.1) is 7.11 Å². The third-order valence-electron chi connectivity index (χ3n) is 6.02. The Bertz CT molecular complexity index is 1090. The number of terminal acetylenes is 1. The first kappa shape index (κ1) is 27.0.